The van der Waals surface area contributed by atoms with E-state index in [-0.39, 0.29) is 12.2 Å². The molecule has 0 unspecified atom stereocenters. The van der Waals surface area contributed by atoms with E-state index < -0.39 is 0 Å². The largest absolute Gasteiger partial charge is 0.393 e. The smallest absolute Gasteiger partial charge is 0.0564 e. The first kappa shape index (κ1) is 22.9. The van der Waals surface area contributed by atoms with Crippen LogP contribution < -0.4 is 0 Å². The molecule has 0 aromatic heterocycles. The maximum Gasteiger partial charge on any atom is 0.0564 e. The Bertz CT molecular complexity index is 218. The second-order valence-electron chi connectivity index (χ2n) is 7.36. The Hall–Kier alpha value is -0.0800. The summed E-state index contributed by atoms with van der Waals surface area (Å²) in [6.07, 6.45) is 19.9. The quantitative estimate of drug-likeness (QED) is 0.287. The molecule has 0 rings (SSSR count). The molecule has 0 aliphatic rings. The molecule has 0 fully saturated rings. The molecule has 0 spiro atoms. The highest BCUT2D eigenvalue weighted by atomic mass is 16.3. The molecule has 0 bridgehead atoms. The first-order valence-corrected chi connectivity index (χ1v) is 10.6. The van der Waals surface area contributed by atoms with Crippen LogP contribution in [0.5, 0.6) is 0 Å². The Kier molecular flexibility index (Phi) is 18.2. The zero-order valence-corrected chi connectivity index (χ0v) is 16.1. The molecule has 0 saturated carbocycles. The molecule has 0 saturated heterocycles. The van der Waals surface area contributed by atoms with Crippen LogP contribution in [0.2, 0.25) is 0 Å². The van der Waals surface area contributed by atoms with Crippen LogP contribution in [-0.4, -0.2) is 22.4 Å². The van der Waals surface area contributed by atoms with Crippen molar-refractivity contribution in [1.29, 1.82) is 0 Å². The van der Waals surface area contributed by atoms with Gasteiger partial charge in [0.2, 0.25) is 0 Å². The Labute approximate surface area is 146 Å². The molecule has 23 heavy (non-hydrogen) atoms. The molecule has 0 radical (unpaired) electrons. The van der Waals surface area contributed by atoms with E-state index in [1.54, 1.807) is 0 Å². The molecule has 0 amide bonds. The van der Waals surface area contributed by atoms with Crippen LogP contribution in [0, 0.1) is 0 Å². The fourth-order valence-electron chi connectivity index (χ4n) is 3.22. The highest BCUT2D eigenvalue weighted by molar-refractivity contribution is 4.64. The van der Waals surface area contributed by atoms with Crippen LogP contribution in [0.1, 0.15) is 123 Å². The van der Waals surface area contributed by atoms with Gasteiger partial charge in [0, 0.05) is 0 Å². The van der Waals surface area contributed by atoms with Crippen molar-refractivity contribution in [3.05, 3.63) is 0 Å². The van der Waals surface area contributed by atoms with Gasteiger partial charge in [0.1, 0.15) is 0 Å². The Balaban J connectivity index is 3.24. The van der Waals surface area contributed by atoms with Crippen LogP contribution in [0.15, 0.2) is 0 Å². The third-order valence-electron chi connectivity index (χ3n) is 4.83. The topological polar surface area (TPSA) is 40.5 Å². The summed E-state index contributed by atoms with van der Waals surface area (Å²) in [6.45, 7) is 4.44. The first-order chi connectivity index (χ1) is 11.2. The summed E-state index contributed by atoms with van der Waals surface area (Å²) in [4.78, 5) is 0. The fourth-order valence-corrected chi connectivity index (χ4v) is 3.22. The SMILES string of the molecule is CCCCCCCCCCCCC[C@H](O)C[C@H](O)CCCCC. The first-order valence-electron chi connectivity index (χ1n) is 10.6. The predicted octanol–water partition coefficient (Wildman–Crippen LogP) is 6.38. The number of rotatable bonds is 18. The van der Waals surface area contributed by atoms with E-state index in [2.05, 4.69) is 13.8 Å². The number of hydrogen-bond donors (Lipinski definition) is 2. The normalized spacial score (nSPS) is 14.1. The second kappa shape index (κ2) is 18.3. The third kappa shape index (κ3) is 18.1. The van der Waals surface area contributed by atoms with Gasteiger partial charge in [0.05, 0.1) is 12.2 Å². The van der Waals surface area contributed by atoms with Gasteiger partial charge in [-0.05, 0) is 19.3 Å². The number of hydrogen-bond acceptors (Lipinski definition) is 2. The summed E-state index contributed by atoms with van der Waals surface area (Å²) in [5.41, 5.74) is 0. The van der Waals surface area contributed by atoms with E-state index in [0.717, 1.165) is 25.7 Å². The van der Waals surface area contributed by atoms with Gasteiger partial charge in [-0.2, -0.15) is 0 Å². The van der Waals surface area contributed by atoms with Gasteiger partial charge in [0.15, 0.2) is 0 Å². The minimum Gasteiger partial charge on any atom is -0.393 e. The molecular weight excluding hydrogens is 284 g/mol. The lowest BCUT2D eigenvalue weighted by atomic mass is 10.00. The number of unbranched alkanes of at least 4 members (excludes halogenated alkanes) is 12. The maximum atomic E-state index is 9.96. The molecule has 2 nitrogen and oxygen atoms in total. The van der Waals surface area contributed by atoms with Crippen molar-refractivity contribution in [2.24, 2.45) is 0 Å². The molecule has 0 aliphatic carbocycles. The van der Waals surface area contributed by atoms with Crippen molar-refractivity contribution in [2.75, 3.05) is 0 Å². The molecule has 0 aromatic carbocycles. The van der Waals surface area contributed by atoms with Crippen molar-refractivity contribution in [1.82, 2.24) is 0 Å². The maximum absolute atomic E-state index is 9.96. The van der Waals surface area contributed by atoms with Crippen molar-refractivity contribution >= 4 is 0 Å². The van der Waals surface area contributed by atoms with Gasteiger partial charge in [-0.1, -0.05) is 104 Å². The van der Waals surface area contributed by atoms with Crippen LogP contribution in [-0.2, 0) is 0 Å². The molecule has 0 heterocycles. The summed E-state index contributed by atoms with van der Waals surface area (Å²) in [6, 6.07) is 0. The van der Waals surface area contributed by atoms with E-state index in [4.69, 9.17) is 0 Å². The van der Waals surface area contributed by atoms with Crippen LogP contribution in [0.25, 0.3) is 0 Å². The Morgan fingerprint density at radius 3 is 1.22 bits per heavy atom. The van der Waals surface area contributed by atoms with Crippen LogP contribution in [0.3, 0.4) is 0 Å². The zero-order valence-electron chi connectivity index (χ0n) is 16.1. The molecule has 2 heteroatoms. The van der Waals surface area contributed by atoms with E-state index in [1.165, 1.54) is 77.0 Å². The summed E-state index contributed by atoms with van der Waals surface area (Å²) in [5.74, 6) is 0. The molecule has 0 aromatic rings. The van der Waals surface area contributed by atoms with Gasteiger partial charge in [-0.3, -0.25) is 0 Å². The monoisotopic (exact) mass is 328 g/mol. The average molecular weight is 329 g/mol. The fraction of sp³-hybridized carbons (Fsp3) is 1.00. The van der Waals surface area contributed by atoms with Gasteiger partial charge >= 0.3 is 0 Å². The third-order valence-corrected chi connectivity index (χ3v) is 4.83. The minimum atomic E-state index is -0.302. The second-order valence-corrected chi connectivity index (χ2v) is 7.36. The van der Waals surface area contributed by atoms with Crippen molar-refractivity contribution in [3.8, 4) is 0 Å². The van der Waals surface area contributed by atoms with E-state index in [0.29, 0.717) is 6.42 Å². The lowest BCUT2D eigenvalue weighted by Gasteiger charge is -2.15. The highest BCUT2D eigenvalue weighted by Gasteiger charge is 2.11. The van der Waals surface area contributed by atoms with E-state index in [1.807, 2.05) is 0 Å². The molecule has 2 N–H and O–H groups in total. The lowest BCUT2D eigenvalue weighted by Crippen LogP contribution is -2.17. The molecule has 2 atom stereocenters. The number of aliphatic hydroxyl groups is 2. The predicted molar refractivity (Wildman–Crippen MR) is 102 cm³/mol. The van der Waals surface area contributed by atoms with Gasteiger partial charge < -0.3 is 10.2 Å². The summed E-state index contributed by atoms with van der Waals surface area (Å²) in [5, 5.41) is 19.8. The van der Waals surface area contributed by atoms with Gasteiger partial charge in [0.25, 0.3) is 0 Å². The summed E-state index contributed by atoms with van der Waals surface area (Å²) >= 11 is 0. The molecular formula is C21H44O2. The Morgan fingerprint density at radius 2 is 0.783 bits per heavy atom. The molecule has 140 valence electrons. The minimum absolute atomic E-state index is 0.301. The van der Waals surface area contributed by atoms with Crippen molar-refractivity contribution in [3.63, 3.8) is 0 Å². The summed E-state index contributed by atoms with van der Waals surface area (Å²) < 4.78 is 0. The number of aliphatic hydroxyl groups excluding tert-OH is 2. The Morgan fingerprint density at radius 1 is 0.478 bits per heavy atom. The van der Waals surface area contributed by atoms with E-state index >= 15 is 0 Å². The van der Waals surface area contributed by atoms with Crippen molar-refractivity contribution < 1.29 is 10.2 Å². The van der Waals surface area contributed by atoms with Gasteiger partial charge in [-0.25, -0.2) is 0 Å². The van der Waals surface area contributed by atoms with Gasteiger partial charge in [-0.15, -0.1) is 0 Å². The van der Waals surface area contributed by atoms with Crippen molar-refractivity contribution in [2.45, 2.75) is 135 Å². The molecule has 0 aliphatic heterocycles. The van der Waals surface area contributed by atoms with Crippen LogP contribution >= 0.6 is 0 Å². The van der Waals surface area contributed by atoms with Crippen LogP contribution in [0.4, 0.5) is 0 Å². The summed E-state index contributed by atoms with van der Waals surface area (Å²) in [7, 11) is 0. The zero-order chi connectivity index (χ0) is 17.2. The highest BCUT2D eigenvalue weighted by Crippen LogP contribution is 2.15. The van der Waals surface area contributed by atoms with E-state index in [9.17, 15) is 10.2 Å². The standard InChI is InChI=1S/C21H44O2/c1-3-5-7-8-9-10-11-12-13-14-16-18-21(23)19-20(22)17-15-6-4-2/h20-23H,3-19H2,1-2H3/t20-,21+/m1/s1. The lowest BCUT2D eigenvalue weighted by molar-refractivity contribution is 0.0681. The average Bonchev–Trinajstić information content (AvgIpc) is 2.52.